The fraction of sp³-hybridized carbons (Fsp3) is 0.500. The zero-order chi connectivity index (χ0) is 18.2. The Labute approximate surface area is 147 Å². The highest BCUT2D eigenvalue weighted by atomic mass is 16.5. The van der Waals surface area contributed by atoms with Crippen molar-refractivity contribution in [2.75, 3.05) is 19.7 Å². The number of carbonyl (C=O) groups excluding carboxylic acids is 3. The smallest absolute Gasteiger partial charge is 0.408 e. The maximum atomic E-state index is 12.5. The molecule has 1 aliphatic heterocycles. The van der Waals surface area contributed by atoms with Gasteiger partial charge in [-0.3, -0.25) is 9.59 Å². The van der Waals surface area contributed by atoms with E-state index in [0.717, 1.165) is 5.56 Å². The molecule has 2 amide bonds. The van der Waals surface area contributed by atoms with Crippen LogP contribution in [0.15, 0.2) is 30.3 Å². The number of carbonyl (C=O) groups is 3. The molecule has 1 saturated heterocycles. The van der Waals surface area contributed by atoms with E-state index in [2.05, 4.69) is 5.32 Å². The maximum absolute atomic E-state index is 12.5. The van der Waals surface area contributed by atoms with E-state index >= 15 is 0 Å². The molecule has 0 aliphatic carbocycles. The highest BCUT2D eigenvalue weighted by Gasteiger charge is 2.26. The molecule has 1 heterocycles. The summed E-state index contributed by atoms with van der Waals surface area (Å²) in [7, 11) is 0. The molecule has 0 spiro atoms. The van der Waals surface area contributed by atoms with Crippen molar-refractivity contribution >= 4 is 17.8 Å². The fourth-order valence-electron chi connectivity index (χ4n) is 2.46. The van der Waals surface area contributed by atoms with Crippen LogP contribution in [0.2, 0.25) is 0 Å². The van der Waals surface area contributed by atoms with E-state index in [-0.39, 0.29) is 37.6 Å². The molecule has 0 bridgehead atoms. The van der Waals surface area contributed by atoms with Crippen LogP contribution in [0.1, 0.15) is 25.8 Å². The molecule has 2 unspecified atom stereocenters. The van der Waals surface area contributed by atoms with E-state index in [9.17, 15) is 14.4 Å². The molecule has 1 aromatic carbocycles. The van der Waals surface area contributed by atoms with Gasteiger partial charge in [-0.05, 0) is 25.8 Å². The Bertz CT molecular complexity index is 605. The predicted molar refractivity (Wildman–Crippen MR) is 90.8 cm³/mol. The number of ether oxygens (including phenoxy) is 2. The first-order valence-electron chi connectivity index (χ1n) is 8.35. The Hall–Kier alpha value is -2.41. The molecule has 1 N–H and O–H groups in total. The zero-order valence-corrected chi connectivity index (χ0v) is 14.6. The lowest BCUT2D eigenvalue weighted by molar-refractivity contribution is -0.141. The van der Waals surface area contributed by atoms with Gasteiger partial charge in [-0.1, -0.05) is 30.3 Å². The Morgan fingerprint density at radius 1 is 1.36 bits per heavy atom. The van der Waals surface area contributed by atoms with Gasteiger partial charge in [0.2, 0.25) is 5.91 Å². The summed E-state index contributed by atoms with van der Waals surface area (Å²) < 4.78 is 10.5. The molecule has 2 rings (SSSR count). The number of alkyl carbamates (subject to hydrolysis) is 1. The molecule has 2 atom stereocenters. The van der Waals surface area contributed by atoms with E-state index in [4.69, 9.17) is 9.47 Å². The summed E-state index contributed by atoms with van der Waals surface area (Å²) in [6, 6.07) is 8.50. The first-order chi connectivity index (χ1) is 12.0. The molecule has 7 nitrogen and oxygen atoms in total. The highest BCUT2D eigenvalue weighted by molar-refractivity contribution is 5.90. The number of rotatable bonds is 4. The summed E-state index contributed by atoms with van der Waals surface area (Å²) >= 11 is 0. The van der Waals surface area contributed by atoms with E-state index in [1.54, 1.807) is 6.92 Å². The summed E-state index contributed by atoms with van der Waals surface area (Å²) in [6.07, 6.45) is -0.108. The number of ketones is 1. The zero-order valence-electron chi connectivity index (χ0n) is 14.6. The minimum absolute atomic E-state index is 0.00334. The Balaban J connectivity index is 1.83. The van der Waals surface area contributed by atoms with Crippen LogP contribution in [0.25, 0.3) is 0 Å². The van der Waals surface area contributed by atoms with Crippen molar-refractivity contribution in [2.24, 2.45) is 0 Å². The minimum atomic E-state index is -0.772. The van der Waals surface area contributed by atoms with Crippen LogP contribution < -0.4 is 5.32 Å². The van der Waals surface area contributed by atoms with E-state index in [1.807, 2.05) is 37.3 Å². The van der Waals surface area contributed by atoms with Gasteiger partial charge in [0.25, 0.3) is 0 Å². The van der Waals surface area contributed by atoms with Crippen LogP contribution in [0.4, 0.5) is 4.79 Å². The molecule has 0 aromatic heterocycles. The molecular formula is C18H24N2O5. The molecule has 1 fully saturated rings. The Morgan fingerprint density at radius 2 is 2.08 bits per heavy atom. The average Bonchev–Trinajstić information content (AvgIpc) is 2.60. The number of nitrogens with one attached hydrogen (secondary N) is 1. The first-order valence-corrected chi connectivity index (χ1v) is 8.35. The molecule has 25 heavy (non-hydrogen) atoms. The van der Waals surface area contributed by atoms with Crippen LogP contribution >= 0.6 is 0 Å². The summed E-state index contributed by atoms with van der Waals surface area (Å²) in [5.74, 6) is -0.460. The summed E-state index contributed by atoms with van der Waals surface area (Å²) in [5.41, 5.74) is 0.861. The van der Waals surface area contributed by atoms with Gasteiger partial charge >= 0.3 is 6.09 Å². The van der Waals surface area contributed by atoms with Gasteiger partial charge in [-0.2, -0.15) is 0 Å². The van der Waals surface area contributed by atoms with E-state index in [1.165, 1.54) is 4.90 Å². The van der Waals surface area contributed by atoms with Crippen molar-refractivity contribution in [2.45, 2.75) is 39.0 Å². The van der Waals surface area contributed by atoms with E-state index in [0.29, 0.717) is 13.0 Å². The summed E-state index contributed by atoms with van der Waals surface area (Å²) in [4.78, 5) is 37.6. The molecule has 1 aromatic rings. The minimum Gasteiger partial charge on any atom is -0.445 e. The second-order valence-corrected chi connectivity index (χ2v) is 6.14. The van der Waals surface area contributed by atoms with Crippen molar-refractivity contribution in [1.29, 1.82) is 0 Å². The van der Waals surface area contributed by atoms with Crippen molar-refractivity contribution in [3.05, 3.63) is 35.9 Å². The number of benzene rings is 1. The fourth-order valence-corrected chi connectivity index (χ4v) is 2.46. The Morgan fingerprint density at radius 3 is 2.80 bits per heavy atom. The standard InChI is InChI=1S/C18H24N2O5/c1-13-8-9-20(10-16(21)12-24-13)17(22)14(2)19-18(23)25-11-15-6-4-3-5-7-15/h3-7,13-14H,8-12H2,1-2H3,(H,19,23). The van der Waals surface area contributed by atoms with Gasteiger partial charge in [0, 0.05) is 6.54 Å². The summed E-state index contributed by atoms with van der Waals surface area (Å²) in [5, 5.41) is 2.51. The van der Waals surface area contributed by atoms with Gasteiger partial charge in [0.15, 0.2) is 5.78 Å². The maximum Gasteiger partial charge on any atom is 0.408 e. The van der Waals surface area contributed by atoms with Crippen molar-refractivity contribution in [3.63, 3.8) is 0 Å². The number of amides is 2. The topological polar surface area (TPSA) is 84.9 Å². The van der Waals surface area contributed by atoms with Gasteiger partial charge < -0.3 is 19.7 Å². The van der Waals surface area contributed by atoms with Crippen LogP contribution in [0.5, 0.6) is 0 Å². The number of nitrogens with zero attached hydrogens (tertiary/aromatic N) is 1. The third-order valence-corrected chi connectivity index (χ3v) is 3.93. The van der Waals surface area contributed by atoms with Crippen LogP contribution in [-0.4, -0.2) is 54.5 Å². The van der Waals surface area contributed by atoms with Crippen LogP contribution in [0, 0.1) is 0 Å². The van der Waals surface area contributed by atoms with Crippen LogP contribution in [0.3, 0.4) is 0 Å². The average molecular weight is 348 g/mol. The van der Waals surface area contributed by atoms with Gasteiger partial charge in [-0.25, -0.2) is 4.79 Å². The quantitative estimate of drug-likeness (QED) is 0.891. The third-order valence-electron chi connectivity index (χ3n) is 3.93. The SMILES string of the molecule is CC1CCN(C(=O)C(C)NC(=O)OCc2ccccc2)CC(=O)CO1. The number of hydrogen-bond acceptors (Lipinski definition) is 5. The molecule has 136 valence electrons. The second kappa shape index (κ2) is 9.17. The van der Waals surface area contributed by atoms with E-state index < -0.39 is 12.1 Å². The normalized spacial score (nSPS) is 19.5. The lowest BCUT2D eigenvalue weighted by Gasteiger charge is -2.29. The van der Waals surface area contributed by atoms with Crippen molar-refractivity contribution in [1.82, 2.24) is 10.2 Å². The lowest BCUT2D eigenvalue weighted by atomic mass is 10.2. The van der Waals surface area contributed by atoms with Gasteiger partial charge in [0.05, 0.1) is 12.6 Å². The molecule has 7 heteroatoms. The molecule has 0 saturated carbocycles. The number of hydrogen-bond donors (Lipinski definition) is 1. The van der Waals surface area contributed by atoms with Gasteiger partial charge in [-0.15, -0.1) is 0 Å². The monoisotopic (exact) mass is 348 g/mol. The second-order valence-electron chi connectivity index (χ2n) is 6.14. The number of Topliss-reactive ketones (excluding diaryl/α,β-unsaturated/α-hetero) is 1. The largest absolute Gasteiger partial charge is 0.445 e. The van der Waals surface area contributed by atoms with Crippen molar-refractivity contribution in [3.8, 4) is 0 Å². The van der Waals surface area contributed by atoms with Crippen molar-refractivity contribution < 1.29 is 23.9 Å². The molecular weight excluding hydrogens is 324 g/mol. The Kier molecular flexibility index (Phi) is 6.94. The van der Waals surface area contributed by atoms with Gasteiger partial charge in [0.1, 0.15) is 19.3 Å². The predicted octanol–water partition coefficient (Wildman–Crippen LogP) is 1.51. The summed E-state index contributed by atoms with van der Waals surface area (Å²) in [6.45, 7) is 3.99. The van der Waals surface area contributed by atoms with Crippen LogP contribution in [-0.2, 0) is 25.7 Å². The lowest BCUT2D eigenvalue weighted by Crippen LogP contribution is -2.50. The third kappa shape index (κ3) is 6.19. The molecule has 1 aliphatic rings. The molecule has 0 radical (unpaired) electrons. The highest BCUT2D eigenvalue weighted by Crippen LogP contribution is 2.07. The first kappa shape index (κ1) is 18.9.